The molecule has 5 nitrogen and oxygen atoms in total. The van der Waals surface area contributed by atoms with Crippen LogP contribution in [0.25, 0.3) is 0 Å². The highest BCUT2D eigenvalue weighted by molar-refractivity contribution is 4.99. The van der Waals surface area contributed by atoms with Crippen molar-refractivity contribution < 1.29 is 47.4 Å². The zero-order valence-corrected chi connectivity index (χ0v) is 17.5. The van der Waals surface area contributed by atoms with Gasteiger partial charge in [-0.2, -0.15) is 0 Å². The fraction of sp³-hybridized carbons (Fsp3) is 1.00. The molecule has 0 N–H and O–H groups in total. The molecule has 7 atom stereocenters. The Bertz CT molecular complexity index is 439. The average molecular weight is 441 g/mol. The molecule has 23 heavy (non-hydrogen) atoms. The molecule has 0 bridgehead atoms. The van der Waals surface area contributed by atoms with E-state index >= 15 is 0 Å². The quantitative estimate of drug-likeness (QED) is 0.423. The Morgan fingerprint density at radius 2 is 1.65 bits per heavy atom. The Balaban J connectivity index is 0.00000192. The van der Waals surface area contributed by atoms with Gasteiger partial charge in [-0.1, -0.05) is 6.92 Å². The van der Waals surface area contributed by atoms with Crippen LogP contribution in [0.4, 0.5) is 0 Å². The third-order valence-corrected chi connectivity index (χ3v) is 6.64. The summed E-state index contributed by atoms with van der Waals surface area (Å²) in [4.78, 5) is 0. The molecular weight excluding hydrogens is 409 g/mol. The highest BCUT2D eigenvalue weighted by atomic mass is 127. The van der Waals surface area contributed by atoms with Gasteiger partial charge in [0.15, 0.2) is 0 Å². The first-order valence-electron chi connectivity index (χ1n) is 8.62. The molecule has 0 spiro atoms. The van der Waals surface area contributed by atoms with E-state index in [2.05, 4.69) is 14.0 Å². The lowest BCUT2D eigenvalue weighted by Crippen LogP contribution is -3.00. The van der Waals surface area contributed by atoms with Crippen molar-refractivity contribution in [2.45, 2.75) is 69.9 Å². The van der Waals surface area contributed by atoms with E-state index in [1.54, 1.807) is 14.2 Å². The molecule has 0 radical (unpaired) electrons. The Morgan fingerprint density at radius 3 is 2.17 bits per heavy atom. The summed E-state index contributed by atoms with van der Waals surface area (Å²) in [6.45, 7) is 8.54. The molecule has 3 aliphatic rings. The first kappa shape index (κ1) is 19.8. The van der Waals surface area contributed by atoms with Crippen LogP contribution in [0, 0.1) is 5.92 Å². The summed E-state index contributed by atoms with van der Waals surface area (Å²) in [7, 11) is 5.72. The lowest BCUT2D eigenvalue weighted by Gasteiger charge is -2.59. The number of methoxy groups -OCH3 is 2. The molecule has 136 valence electrons. The lowest BCUT2D eigenvalue weighted by molar-refractivity contribution is -0.936. The second-order valence-electron chi connectivity index (χ2n) is 7.73. The minimum atomic E-state index is -0.883. The largest absolute Gasteiger partial charge is 1.00 e. The van der Waals surface area contributed by atoms with Crippen molar-refractivity contribution in [3.8, 4) is 0 Å². The van der Waals surface area contributed by atoms with Crippen LogP contribution >= 0.6 is 0 Å². The van der Waals surface area contributed by atoms with Crippen LogP contribution in [0.3, 0.4) is 0 Å². The maximum atomic E-state index is 6.56. The third-order valence-electron chi connectivity index (χ3n) is 6.64. The lowest BCUT2D eigenvalue weighted by atomic mass is 9.82. The van der Waals surface area contributed by atoms with Crippen molar-refractivity contribution in [1.82, 2.24) is 0 Å². The number of quaternary nitrogens is 1. The number of fused-ring (bicyclic) bond motifs is 3. The van der Waals surface area contributed by atoms with E-state index in [0.29, 0.717) is 12.0 Å². The summed E-state index contributed by atoms with van der Waals surface area (Å²) >= 11 is 0. The Labute approximate surface area is 157 Å². The molecule has 3 fully saturated rings. The molecule has 3 heterocycles. The van der Waals surface area contributed by atoms with Gasteiger partial charge in [0.2, 0.25) is 11.6 Å². The summed E-state index contributed by atoms with van der Waals surface area (Å²) in [5.74, 6) is -1.26. The van der Waals surface area contributed by atoms with Gasteiger partial charge in [0.1, 0.15) is 18.2 Å². The summed E-state index contributed by atoms with van der Waals surface area (Å²) in [5, 5.41) is 0. The zero-order valence-electron chi connectivity index (χ0n) is 15.3. The minimum absolute atomic E-state index is 0. The van der Waals surface area contributed by atoms with Crippen molar-refractivity contribution in [2.75, 3.05) is 34.4 Å². The highest BCUT2D eigenvalue weighted by Gasteiger charge is 2.64. The number of nitrogens with zero attached hydrogens (tertiary/aromatic N) is 1. The fourth-order valence-corrected chi connectivity index (χ4v) is 4.88. The van der Waals surface area contributed by atoms with Gasteiger partial charge >= 0.3 is 0 Å². The second kappa shape index (κ2) is 6.68. The number of likely N-dealkylation sites (N-methyl/N-ethyl adjacent to an activating group) is 1. The SMILES string of the molecule is CC[C@H]1C[N@@+]2(C)CCC[C@H]2[C@@H]2O[C@@](C)(OC)[C@](C)(OC)O[C@@H]12.[I-]. The fourth-order valence-electron chi connectivity index (χ4n) is 4.88. The molecule has 0 aromatic heterocycles. The first-order chi connectivity index (χ1) is 10.3. The molecular formula is C17H32INO4. The van der Waals surface area contributed by atoms with Crippen molar-refractivity contribution in [1.29, 1.82) is 0 Å². The van der Waals surface area contributed by atoms with Crippen LogP contribution in [0.5, 0.6) is 0 Å². The summed E-state index contributed by atoms with van der Waals surface area (Å²) < 4.78 is 25.6. The zero-order chi connectivity index (χ0) is 16.2. The number of rotatable bonds is 3. The molecule has 0 unspecified atom stereocenters. The van der Waals surface area contributed by atoms with Crippen LogP contribution in [-0.4, -0.2) is 68.7 Å². The van der Waals surface area contributed by atoms with Gasteiger partial charge < -0.3 is 47.4 Å². The summed E-state index contributed by atoms with van der Waals surface area (Å²) in [6.07, 6.45) is 3.76. The molecule has 0 aromatic rings. The Hall–Kier alpha value is 0.530. The second-order valence-corrected chi connectivity index (χ2v) is 7.73. The summed E-state index contributed by atoms with van der Waals surface area (Å²) in [6, 6.07) is 0.503. The van der Waals surface area contributed by atoms with Crippen LogP contribution in [0.15, 0.2) is 0 Å². The van der Waals surface area contributed by atoms with Crippen LogP contribution in [0.1, 0.15) is 40.0 Å². The molecule has 6 heteroatoms. The smallest absolute Gasteiger partial charge is 0.220 e. The van der Waals surface area contributed by atoms with E-state index in [-0.39, 0.29) is 36.2 Å². The summed E-state index contributed by atoms with van der Waals surface area (Å²) in [5.41, 5.74) is 0. The third kappa shape index (κ3) is 2.87. The highest BCUT2D eigenvalue weighted by Crippen LogP contribution is 2.48. The van der Waals surface area contributed by atoms with Gasteiger partial charge in [-0.15, -0.1) is 0 Å². The van der Waals surface area contributed by atoms with Gasteiger partial charge in [0.25, 0.3) is 0 Å². The van der Waals surface area contributed by atoms with E-state index < -0.39 is 11.6 Å². The van der Waals surface area contributed by atoms with Gasteiger partial charge in [-0.3, -0.25) is 0 Å². The Morgan fingerprint density at radius 1 is 1.09 bits per heavy atom. The minimum Gasteiger partial charge on any atom is -1.00 e. The molecule has 3 rings (SSSR count). The van der Waals surface area contributed by atoms with Gasteiger partial charge in [0.05, 0.1) is 20.1 Å². The van der Waals surface area contributed by atoms with Crippen LogP contribution in [0.2, 0.25) is 0 Å². The molecule has 0 aliphatic carbocycles. The average Bonchev–Trinajstić information content (AvgIpc) is 2.90. The van der Waals surface area contributed by atoms with Crippen molar-refractivity contribution in [3.63, 3.8) is 0 Å². The van der Waals surface area contributed by atoms with E-state index in [4.69, 9.17) is 18.9 Å². The van der Waals surface area contributed by atoms with Crippen molar-refractivity contribution in [2.24, 2.45) is 5.92 Å². The molecule has 3 saturated heterocycles. The van der Waals surface area contributed by atoms with Crippen LogP contribution < -0.4 is 24.0 Å². The van der Waals surface area contributed by atoms with Gasteiger partial charge in [0, 0.05) is 33.0 Å². The number of piperidine rings is 1. The number of ether oxygens (including phenoxy) is 4. The predicted molar refractivity (Wildman–Crippen MR) is 83.3 cm³/mol. The number of hydrogen-bond donors (Lipinski definition) is 0. The van der Waals surface area contributed by atoms with Crippen LogP contribution in [-0.2, 0) is 18.9 Å². The van der Waals surface area contributed by atoms with Crippen molar-refractivity contribution >= 4 is 0 Å². The molecule has 0 aromatic carbocycles. The van der Waals surface area contributed by atoms with Gasteiger partial charge in [-0.05, 0) is 20.3 Å². The first-order valence-corrected chi connectivity index (χ1v) is 8.62. The maximum absolute atomic E-state index is 6.56. The topological polar surface area (TPSA) is 36.9 Å². The van der Waals surface area contributed by atoms with E-state index in [9.17, 15) is 0 Å². The van der Waals surface area contributed by atoms with Gasteiger partial charge in [-0.25, -0.2) is 0 Å². The maximum Gasteiger partial charge on any atom is 0.220 e. The number of halogens is 1. The monoisotopic (exact) mass is 441 g/mol. The number of hydrogen-bond acceptors (Lipinski definition) is 4. The normalized spacial score (nSPS) is 52.4. The predicted octanol–water partition coefficient (Wildman–Crippen LogP) is -0.852. The standard InChI is InChI=1S/C17H32NO4.HI/c1-7-12-11-18(4)10-8-9-13(18)15-14(12)21-16(2,19-5)17(3,20-6)22-15;/h12-15H,7-11H2,1-6H3;1H/q+1;/p-1/t12-,13-,14-,15-,16+,17+,18+;/m0./s1. The molecule has 3 aliphatic heterocycles. The van der Waals surface area contributed by atoms with E-state index in [1.807, 2.05) is 13.8 Å². The molecule has 0 amide bonds. The molecule has 0 saturated carbocycles. The van der Waals surface area contributed by atoms with E-state index in [0.717, 1.165) is 10.9 Å². The van der Waals surface area contributed by atoms with E-state index in [1.165, 1.54) is 25.9 Å². The van der Waals surface area contributed by atoms with Crippen molar-refractivity contribution in [3.05, 3.63) is 0 Å². The Kier molecular flexibility index (Phi) is 5.77.